The molecule has 6 heteroatoms. The molecule has 1 aliphatic rings. The Morgan fingerprint density at radius 1 is 1.53 bits per heavy atom. The Bertz CT molecular complexity index is 395. The number of hydrogen-bond acceptors (Lipinski definition) is 4. The number of rotatable bonds is 3. The lowest BCUT2D eigenvalue weighted by molar-refractivity contribution is 0.0685. The largest absolute Gasteiger partial charge is 0.477 e. The summed E-state index contributed by atoms with van der Waals surface area (Å²) in [5.74, 6) is -1.95. The van der Waals surface area contributed by atoms with Gasteiger partial charge in [0.2, 0.25) is 5.76 Å². The van der Waals surface area contributed by atoms with Crippen molar-refractivity contribution < 1.29 is 19.2 Å². The fraction of sp³-hybridized carbons (Fsp3) is 0.444. The van der Waals surface area contributed by atoms with Crippen LogP contribution in [-0.4, -0.2) is 28.2 Å². The van der Waals surface area contributed by atoms with Gasteiger partial charge in [-0.05, 0) is 19.3 Å². The molecule has 1 heterocycles. The number of carbonyl (C=O) groups is 2. The molecule has 0 aromatic carbocycles. The van der Waals surface area contributed by atoms with Gasteiger partial charge in [-0.3, -0.25) is 4.79 Å². The maximum Gasteiger partial charge on any atom is 0.341 e. The lowest BCUT2D eigenvalue weighted by Gasteiger charge is -2.25. The summed E-state index contributed by atoms with van der Waals surface area (Å²) in [5, 5.41) is 14.7. The number of carboxylic acid groups (broad SMARTS) is 1. The van der Waals surface area contributed by atoms with Crippen molar-refractivity contribution in [1.29, 1.82) is 0 Å². The fourth-order valence-electron chi connectivity index (χ4n) is 1.36. The molecule has 1 aromatic heterocycles. The Morgan fingerprint density at radius 2 is 2.27 bits per heavy atom. The molecule has 0 bridgehead atoms. The van der Waals surface area contributed by atoms with E-state index in [2.05, 4.69) is 15.0 Å². The van der Waals surface area contributed by atoms with E-state index in [0.717, 1.165) is 25.5 Å². The van der Waals surface area contributed by atoms with Gasteiger partial charge in [0.15, 0.2) is 0 Å². The molecule has 0 radical (unpaired) electrons. The van der Waals surface area contributed by atoms with Gasteiger partial charge in [-0.15, -0.1) is 0 Å². The normalized spacial score (nSPS) is 15.7. The summed E-state index contributed by atoms with van der Waals surface area (Å²) in [6, 6.07) is 0.143. The van der Waals surface area contributed by atoms with Crippen LogP contribution >= 0.6 is 0 Å². The first-order valence-electron chi connectivity index (χ1n) is 4.67. The molecule has 1 aromatic rings. The van der Waals surface area contributed by atoms with Crippen LogP contribution in [0.3, 0.4) is 0 Å². The van der Waals surface area contributed by atoms with Crippen LogP contribution in [0.25, 0.3) is 0 Å². The summed E-state index contributed by atoms with van der Waals surface area (Å²) >= 11 is 0. The van der Waals surface area contributed by atoms with Crippen LogP contribution in [0.1, 0.15) is 40.2 Å². The highest BCUT2D eigenvalue weighted by molar-refractivity contribution is 6.02. The summed E-state index contributed by atoms with van der Waals surface area (Å²) in [6.45, 7) is 0. The molecule has 1 fully saturated rings. The SMILES string of the molecule is O=C(O)c1cnoc1C(=O)NC1CCC1. The topological polar surface area (TPSA) is 92.4 Å². The number of carbonyl (C=O) groups excluding carboxylic acids is 1. The number of hydrogen-bond donors (Lipinski definition) is 2. The van der Waals surface area contributed by atoms with Gasteiger partial charge in [-0.25, -0.2) is 4.79 Å². The number of nitrogens with one attached hydrogen (secondary N) is 1. The summed E-state index contributed by atoms with van der Waals surface area (Å²) in [4.78, 5) is 22.2. The molecule has 80 valence electrons. The zero-order chi connectivity index (χ0) is 10.8. The monoisotopic (exact) mass is 210 g/mol. The van der Waals surface area contributed by atoms with Crippen molar-refractivity contribution in [3.05, 3.63) is 17.5 Å². The van der Waals surface area contributed by atoms with Gasteiger partial charge in [-0.1, -0.05) is 5.16 Å². The van der Waals surface area contributed by atoms with E-state index in [9.17, 15) is 9.59 Å². The van der Waals surface area contributed by atoms with E-state index in [4.69, 9.17) is 5.11 Å². The van der Waals surface area contributed by atoms with Gasteiger partial charge in [0, 0.05) is 6.04 Å². The van der Waals surface area contributed by atoms with Crippen molar-refractivity contribution in [2.24, 2.45) is 0 Å². The molecule has 1 saturated carbocycles. The lowest BCUT2D eigenvalue weighted by Crippen LogP contribution is -2.39. The van der Waals surface area contributed by atoms with E-state index in [0.29, 0.717) is 0 Å². The Labute approximate surface area is 85.2 Å². The Morgan fingerprint density at radius 3 is 2.80 bits per heavy atom. The minimum atomic E-state index is -1.21. The van der Waals surface area contributed by atoms with Crippen LogP contribution in [0, 0.1) is 0 Å². The van der Waals surface area contributed by atoms with Crippen LogP contribution in [0.4, 0.5) is 0 Å². The highest BCUT2D eigenvalue weighted by Crippen LogP contribution is 2.19. The molecule has 1 aliphatic carbocycles. The molecule has 0 atom stereocenters. The Balaban J connectivity index is 2.10. The van der Waals surface area contributed by atoms with Crippen LogP contribution in [-0.2, 0) is 0 Å². The first-order valence-corrected chi connectivity index (χ1v) is 4.67. The van der Waals surface area contributed by atoms with E-state index in [-0.39, 0.29) is 17.4 Å². The molecule has 1 amide bonds. The third-order valence-corrected chi connectivity index (χ3v) is 2.45. The van der Waals surface area contributed by atoms with E-state index >= 15 is 0 Å². The summed E-state index contributed by atoms with van der Waals surface area (Å²) in [5.41, 5.74) is -0.202. The standard InChI is InChI=1S/C9H10N2O4/c12-8(11-5-2-1-3-5)7-6(9(13)14)4-10-15-7/h4-5H,1-3H2,(H,11,12)(H,13,14). The van der Waals surface area contributed by atoms with E-state index in [1.807, 2.05) is 0 Å². The van der Waals surface area contributed by atoms with Crippen molar-refractivity contribution in [3.8, 4) is 0 Å². The van der Waals surface area contributed by atoms with Gasteiger partial charge >= 0.3 is 5.97 Å². The zero-order valence-electron chi connectivity index (χ0n) is 7.90. The van der Waals surface area contributed by atoms with Crippen molar-refractivity contribution in [2.45, 2.75) is 25.3 Å². The predicted octanol–water partition coefficient (Wildman–Crippen LogP) is 0.655. The molecule has 2 N–H and O–H groups in total. The van der Waals surface area contributed by atoms with Gasteiger partial charge in [-0.2, -0.15) is 0 Å². The average molecular weight is 210 g/mol. The lowest BCUT2D eigenvalue weighted by atomic mass is 9.93. The minimum Gasteiger partial charge on any atom is -0.477 e. The molecular formula is C9H10N2O4. The van der Waals surface area contributed by atoms with E-state index < -0.39 is 11.9 Å². The number of amides is 1. The summed E-state index contributed by atoms with van der Waals surface area (Å²) in [6.07, 6.45) is 3.98. The van der Waals surface area contributed by atoms with Crippen LogP contribution < -0.4 is 5.32 Å². The molecule has 0 spiro atoms. The molecule has 0 unspecified atom stereocenters. The van der Waals surface area contributed by atoms with Crippen LogP contribution in [0.2, 0.25) is 0 Å². The smallest absolute Gasteiger partial charge is 0.341 e. The highest BCUT2D eigenvalue weighted by atomic mass is 16.5. The molecular weight excluding hydrogens is 200 g/mol. The van der Waals surface area contributed by atoms with Gasteiger partial charge in [0.1, 0.15) is 5.56 Å². The third-order valence-electron chi connectivity index (χ3n) is 2.45. The Kier molecular flexibility index (Phi) is 2.40. The van der Waals surface area contributed by atoms with E-state index in [1.54, 1.807) is 0 Å². The molecule has 2 rings (SSSR count). The fourth-order valence-corrected chi connectivity index (χ4v) is 1.36. The average Bonchev–Trinajstić information content (AvgIpc) is 2.59. The van der Waals surface area contributed by atoms with Gasteiger partial charge in [0.25, 0.3) is 5.91 Å². The van der Waals surface area contributed by atoms with Gasteiger partial charge in [0.05, 0.1) is 6.20 Å². The minimum absolute atomic E-state index is 0.143. The first kappa shape index (κ1) is 9.70. The van der Waals surface area contributed by atoms with Crippen molar-refractivity contribution in [2.75, 3.05) is 0 Å². The van der Waals surface area contributed by atoms with E-state index in [1.165, 1.54) is 0 Å². The van der Waals surface area contributed by atoms with Gasteiger partial charge < -0.3 is 14.9 Å². The second-order valence-electron chi connectivity index (χ2n) is 3.48. The zero-order valence-corrected chi connectivity index (χ0v) is 7.90. The maximum atomic E-state index is 11.5. The molecule has 0 saturated heterocycles. The van der Waals surface area contributed by atoms with Crippen LogP contribution in [0.5, 0.6) is 0 Å². The third kappa shape index (κ3) is 1.83. The number of aromatic carboxylic acids is 1. The highest BCUT2D eigenvalue weighted by Gasteiger charge is 2.26. The Hall–Kier alpha value is -1.85. The summed E-state index contributed by atoms with van der Waals surface area (Å²) < 4.78 is 4.61. The number of aromatic nitrogens is 1. The number of nitrogens with zero attached hydrogens (tertiary/aromatic N) is 1. The maximum absolute atomic E-state index is 11.5. The predicted molar refractivity (Wildman–Crippen MR) is 48.6 cm³/mol. The molecule has 15 heavy (non-hydrogen) atoms. The van der Waals surface area contributed by atoms with Crippen molar-refractivity contribution >= 4 is 11.9 Å². The van der Waals surface area contributed by atoms with Crippen molar-refractivity contribution in [3.63, 3.8) is 0 Å². The van der Waals surface area contributed by atoms with Crippen molar-refractivity contribution in [1.82, 2.24) is 10.5 Å². The number of carboxylic acids is 1. The molecule has 6 nitrogen and oxygen atoms in total. The molecule has 0 aliphatic heterocycles. The quantitative estimate of drug-likeness (QED) is 0.764. The second-order valence-corrected chi connectivity index (χ2v) is 3.48. The summed E-state index contributed by atoms with van der Waals surface area (Å²) in [7, 11) is 0. The first-order chi connectivity index (χ1) is 7.18. The van der Waals surface area contributed by atoms with Crippen LogP contribution in [0.15, 0.2) is 10.7 Å². The second kappa shape index (κ2) is 3.72.